The number of hydrogen-bond acceptors (Lipinski definition) is 15. The molecule has 11 rings (SSSR count). The van der Waals surface area contributed by atoms with Crippen LogP contribution in [0.15, 0.2) is 88.4 Å². The molecule has 1 amide bonds. The number of carbonyl (C=O) groups excluding carboxylic acids is 1. The van der Waals surface area contributed by atoms with E-state index < -0.39 is 43.4 Å². The number of nitrogens with one attached hydrogen (secondary N) is 3. The number of hydrogen-bond donors (Lipinski definition) is 4. The Morgan fingerprint density at radius 3 is 2.55 bits per heavy atom. The van der Waals surface area contributed by atoms with Gasteiger partial charge in [0.1, 0.15) is 47.2 Å². The molecule has 19 heteroatoms. The van der Waals surface area contributed by atoms with Gasteiger partial charge >= 0.3 is 0 Å². The maximum atomic E-state index is 14.5. The zero-order valence-corrected chi connectivity index (χ0v) is 43.5. The summed E-state index contributed by atoms with van der Waals surface area (Å²) in [6, 6.07) is 15.7. The summed E-state index contributed by atoms with van der Waals surface area (Å²) in [4.78, 5) is 39.2. The number of allylic oxidation sites excluding steroid dienone is 2. The third kappa shape index (κ3) is 10.1. The summed E-state index contributed by atoms with van der Waals surface area (Å²) >= 11 is 0. The zero-order valence-electron chi connectivity index (χ0n) is 41.8. The molecule has 1 spiro atoms. The molecule has 4 aromatic rings. The lowest BCUT2D eigenvalue weighted by Gasteiger charge is -2.56. The third-order valence-electron chi connectivity index (χ3n) is 17.1. The molecule has 2 aromatic carbocycles. The maximum Gasteiger partial charge on any atom is 0.264 e. The summed E-state index contributed by atoms with van der Waals surface area (Å²) in [6.07, 6.45) is 14.8. The molecule has 7 aliphatic rings. The van der Waals surface area contributed by atoms with Crippen molar-refractivity contribution in [2.45, 2.75) is 138 Å². The summed E-state index contributed by atoms with van der Waals surface area (Å²) in [5.41, 5.74) is 3.93. The lowest BCUT2D eigenvalue weighted by atomic mass is 9.59. The Bertz CT molecular complexity index is 3070. The number of pyridine rings is 1. The number of nitroso groups, excluding NO2 is 1. The van der Waals surface area contributed by atoms with Crippen LogP contribution < -0.4 is 24.2 Å². The van der Waals surface area contributed by atoms with Gasteiger partial charge in [0.2, 0.25) is 5.91 Å². The minimum absolute atomic E-state index is 0.0127. The highest BCUT2D eigenvalue weighted by Crippen LogP contribution is 2.55. The number of aromatic nitrogens is 2. The van der Waals surface area contributed by atoms with Crippen LogP contribution >= 0.6 is 0 Å². The van der Waals surface area contributed by atoms with E-state index in [0.717, 1.165) is 57.1 Å². The standard InChI is InChI=1S/C54H67N7O10S2/c1-33(2)40-7-4-5-8-41(40)45-9-6-21-61(45)37-29-54(30-37)18-22-60(23-19-54)36-10-11-42(46(26-36)71-48-25-35-14-20-55-50(35)57-52(48)70-38-15-24-72(65,66)32-38)51(62)59-73(67,68)39-27-43(58-64)49-47(28-39)69-31-44(56-49)34-12-16-53(3,63)17-13-34/h4-5,7-8,10,14,20,25-28,33-34,37-38,42,44-45,56,63H,6,9,11-13,15-19,21-24,29-32H2,1-3H3,(H,55,57)(H,59,62)/t34?,38?,42?,44-,45-,53?/m1/s1. The van der Waals surface area contributed by atoms with Crippen molar-refractivity contribution in [3.05, 3.63) is 94.4 Å². The van der Waals surface area contributed by atoms with Crippen LogP contribution in [-0.4, -0.2) is 109 Å². The molecule has 2 aromatic heterocycles. The number of ether oxygens (including phenoxy) is 3. The second-order valence-electron chi connectivity index (χ2n) is 22.4. The second kappa shape index (κ2) is 19.3. The second-order valence-corrected chi connectivity index (χ2v) is 26.3. The number of aromatic amines is 1. The molecule has 4 aliphatic heterocycles. The van der Waals surface area contributed by atoms with Crippen LogP contribution in [-0.2, 0) is 24.7 Å². The first-order valence-electron chi connectivity index (χ1n) is 26.2. The van der Waals surface area contributed by atoms with E-state index in [2.05, 4.69) is 73.1 Å². The fourth-order valence-electron chi connectivity index (χ4n) is 12.8. The number of piperidine rings is 1. The molecule has 4 atom stereocenters. The quantitative estimate of drug-likeness (QED) is 0.0923. The first-order chi connectivity index (χ1) is 34.9. The monoisotopic (exact) mass is 1040 g/mol. The Morgan fingerprint density at radius 2 is 1.81 bits per heavy atom. The average molecular weight is 1040 g/mol. The predicted molar refractivity (Wildman–Crippen MR) is 277 cm³/mol. The summed E-state index contributed by atoms with van der Waals surface area (Å²) in [7, 11) is -7.90. The number of benzene rings is 2. The van der Waals surface area contributed by atoms with Crippen LogP contribution in [0.4, 0.5) is 11.4 Å². The number of sulfone groups is 1. The number of sulfonamides is 1. The lowest BCUT2D eigenvalue weighted by Crippen LogP contribution is -2.54. The number of amides is 1. The SMILES string of the molecule is CC(C)c1ccccc1[C@H]1CCCN1C1CC2(CCN(C3=CCC(C(=O)NS(=O)(=O)c4cc(N=O)c5c(c4)OC[C@H](C4CCC(C)(O)CC4)N5)C(Oc4cc5cc[nH]c5nc4OC4CCS(=O)(=O)C4)=C3)CC2)C1. The Labute approximate surface area is 427 Å². The van der Waals surface area contributed by atoms with E-state index in [1.165, 1.54) is 42.9 Å². The average Bonchev–Trinajstić information content (AvgIpc) is 4.12. The van der Waals surface area contributed by atoms with Gasteiger partial charge in [-0.3, -0.25) is 9.69 Å². The van der Waals surface area contributed by atoms with Crippen LogP contribution in [0.3, 0.4) is 0 Å². The highest BCUT2D eigenvalue weighted by atomic mass is 32.2. The molecule has 17 nitrogen and oxygen atoms in total. The number of likely N-dealkylation sites (tertiary alicyclic amines) is 2. The summed E-state index contributed by atoms with van der Waals surface area (Å²) < 4.78 is 74.6. The van der Waals surface area contributed by atoms with Crippen molar-refractivity contribution in [1.82, 2.24) is 24.5 Å². The van der Waals surface area contributed by atoms with Crippen molar-refractivity contribution in [2.75, 3.05) is 43.1 Å². The zero-order chi connectivity index (χ0) is 50.9. The highest BCUT2D eigenvalue weighted by Gasteiger charge is 2.50. The highest BCUT2D eigenvalue weighted by molar-refractivity contribution is 7.91. The van der Waals surface area contributed by atoms with Gasteiger partial charge in [-0.1, -0.05) is 44.2 Å². The number of fused-ring (bicyclic) bond motifs is 2. The fourth-order valence-corrected chi connectivity index (χ4v) is 15.5. The largest absolute Gasteiger partial charge is 0.489 e. The molecule has 390 valence electrons. The van der Waals surface area contributed by atoms with Gasteiger partial charge in [0.05, 0.1) is 28.0 Å². The number of aliphatic hydroxyl groups is 1. The van der Waals surface area contributed by atoms with Gasteiger partial charge in [-0.05, 0) is 142 Å². The van der Waals surface area contributed by atoms with Crippen LogP contribution in [0, 0.1) is 22.2 Å². The van der Waals surface area contributed by atoms with Gasteiger partial charge < -0.3 is 34.5 Å². The fraction of sp³-hybridized carbons (Fsp3) is 0.556. The maximum absolute atomic E-state index is 14.5. The van der Waals surface area contributed by atoms with Crippen molar-refractivity contribution in [1.29, 1.82) is 0 Å². The van der Waals surface area contributed by atoms with E-state index in [-0.39, 0.29) is 87.7 Å². The molecule has 2 unspecified atom stereocenters. The Kier molecular flexibility index (Phi) is 13.2. The van der Waals surface area contributed by atoms with Gasteiger partial charge in [0.25, 0.3) is 15.9 Å². The number of H-pyrrole nitrogens is 1. The van der Waals surface area contributed by atoms with Crippen molar-refractivity contribution in [3.8, 4) is 17.4 Å². The van der Waals surface area contributed by atoms with Gasteiger partial charge in [0, 0.05) is 54.6 Å². The molecule has 5 fully saturated rings. The van der Waals surface area contributed by atoms with E-state index in [1.807, 2.05) is 13.0 Å². The molecule has 2 saturated carbocycles. The topological polar surface area (TPSA) is 222 Å². The molecular weight excluding hydrogens is 971 g/mol. The first kappa shape index (κ1) is 49.7. The minimum Gasteiger partial charge on any atom is -0.489 e. The molecule has 6 heterocycles. The molecule has 0 radical (unpaired) electrons. The van der Waals surface area contributed by atoms with Crippen LogP contribution in [0.1, 0.15) is 121 Å². The number of rotatable bonds is 13. The molecular formula is C54H67N7O10S2. The molecule has 0 bridgehead atoms. The smallest absolute Gasteiger partial charge is 0.264 e. The molecule has 4 N–H and O–H groups in total. The van der Waals surface area contributed by atoms with Gasteiger partial charge in [-0.25, -0.2) is 21.6 Å². The number of carbonyl (C=O) groups is 1. The van der Waals surface area contributed by atoms with E-state index in [0.29, 0.717) is 41.9 Å². The summed E-state index contributed by atoms with van der Waals surface area (Å²) in [5.74, 6) is -1.05. The minimum atomic E-state index is -4.60. The van der Waals surface area contributed by atoms with E-state index in [9.17, 15) is 31.6 Å². The van der Waals surface area contributed by atoms with Crippen LogP contribution in [0.2, 0.25) is 0 Å². The van der Waals surface area contributed by atoms with E-state index in [1.54, 1.807) is 24.4 Å². The Balaban J connectivity index is 0.823. The lowest BCUT2D eigenvalue weighted by molar-refractivity contribution is -0.122. The van der Waals surface area contributed by atoms with E-state index in [4.69, 9.17) is 14.2 Å². The van der Waals surface area contributed by atoms with Crippen molar-refractivity contribution in [2.24, 2.45) is 22.4 Å². The first-order valence-corrected chi connectivity index (χ1v) is 29.5. The van der Waals surface area contributed by atoms with Crippen molar-refractivity contribution >= 4 is 48.2 Å². The third-order valence-corrected chi connectivity index (χ3v) is 20.1. The number of anilines is 1. The van der Waals surface area contributed by atoms with E-state index >= 15 is 0 Å². The predicted octanol–water partition coefficient (Wildman–Crippen LogP) is 8.52. The number of nitrogens with zero attached hydrogens (tertiary/aromatic N) is 4. The van der Waals surface area contributed by atoms with Gasteiger partial charge in [0.15, 0.2) is 15.6 Å². The Hall–Kier alpha value is -5.50. The molecule has 73 heavy (non-hydrogen) atoms. The van der Waals surface area contributed by atoms with Gasteiger partial charge in [-0.15, -0.1) is 4.91 Å². The Morgan fingerprint density at radius 1 is 1.03 bits per heavy atom. The van der Waals surface area contributed by atoms with Crippen molar-refractivity contribution in [3.63, 3.8) is 0 Å². The summed E-state index contributed by atoms with van der Waals surface area (Å²) in [5, 5.41) is 17.7. The van der Waals surface area contributed by atoms with Gasteiger partial charge in [-0.2, -0.15) is 4.98 Å². The van der Waals surface area contributed by atoms with Crippen LogP contribution in [0.5, 0.6) is 17.4 Å². The molecule has 3 saturated heterocycles. The normalized spacial score (nSPS) is 28.1. The summed E-state index contributed by atoms with van der Waals surface area (Å²) in [6.45, 7) is 9.35. The van der Waals surface area contributed by atoms with Crippen molar-refractivity contribution < 1.29 is 40.9 Å². The van der Waals surface area contributed by atoms with Crippen LogP contribution in [0.25, 0.3) is 11.0 Å². The molecule has 3 aliphatic carbocycles.